The molecule has 0 amide bonds. The van der Waals surface area contributed by atoms with Crippen molar-refractivity contribution in [2.75, 3.05) is 0 Å². The van der Waals surface area contributed by atoms with Crippen LogP contribution < -0.4 is 0 Å². The molecule has 2 heterocycles. The monoisotopic (exact) mass is 251 g/mol. The third-order valence-corrected chi connectivity index (χ3v) is 3.56. The van der Waals surface area contributed by atoms with E-state index in [1.807, 2.05) is 31.5 Å². The summed E-state index contributed by atoms with van der Waals surface area (Å²) >= 11 is 0. The summed E-state index contributed by atoms with van der Waals surface area (Å²) in [5.74, 6) is 1.04. The molecule has 3 heteroatoms. The van der Waals surface area contributed by atoms with Gasteiger partial charge >= 0.3 is 0 Å². The molecule has 96 valence electrons. The number of hydrogen-bond donors (Lipinski definition) is 0. The van der Waals surface area contributed by atoms with Crippen LogP contribution in [0.4, 0.5) is 0 Å². The Balaban J connectivity index is 1.89. The first-order valence-electron chi connectivity index (χ1n) is 6.48. The van der Waals surface area contributed by atoms with E-state index in [1.54, 1.807) is 0 Å². The maximum absolute atomic E-state index is 4.28. The van der Waals surface area contributed by atoms with Crippen LogP contribution in [0, 0.1) is 6.92 Å². The molecule has 0 bridgehead atoms. The average molecular weight is 251 g/mol. The zero-order chi connectivity index (χ0) is 13.2. The third kappa shape index (κ3) is 2.19. The summed E-state index contributed by atoms with van der Waals surface area (Å²) in [5.41, 5.74) is 2.47. The minimum absolute atomic E-state index is 0.307. The van der Waals surface area contributed by atoms with E-state index in [9.17, 15) is 0 Å². The van der Waals surface area contributed by atoms with E-state index < -0.39 is 0 Å². The van der Waals surface area contributed by atoms with E-state index in [4.69, 9.17) is 0 Å². The van der Waals surface area contributed by atoms with E-state index in [-0.39, 0.29) is 0 Å². The van der Waals surface area contributed by atoms with Crippen LogP contribution in [0.1, 0.15) is 24.4 Å². The lowest BCUT2D eigenvalue weighted by Gasteiger charge is -2.16. The van der Waals surface area contributed by atoms with Gasteiger partial charge in [-0.15, -0.1) is 0 Å². The number of nitrogens with zero attached hydrogens (tertiary/aromatic N) is 3. The highest BCUT2D eigenvalue weighted by Crippen LogP contribution is 2.20. The van der Waals surface area contributed by atoms with Crippen molar-refractivity contribution in [1.29, 1.82) is 0 Å². The van der Waals surface area contributed by atoms with Crippen molar-refractivity contribution in [3.63, 3.8) is 0 Å². The van der Waals surface area contributed by atoms with Crippen LogP contribution >= 0.6 is 0 Å². The SMILES string of the molecule is Cc1nccn1[C@H](C)c1ccc(-n2cccc2)cc1. The second-order valence-electron chi connectivity index (χ2n) is 4.74. The Kier molecular flexibility index (Phi) is 2.95. The zero-order valence-corrected chi connectivity index (χ0v) is 11.2. The Hall–Kier alpha value is -2.29. The Morgan fingerprint density at radius 2 is 1.68 bits per heavy atom. The summed E-state index contributed by atoms with van der Waals surface area (Å²) in [6, 6.07) is 13.0. The normalized spacial score (nSPS) is 12.5. The molecule has 0 saturated heterocycles. The first kappa shape index (κ1) is 11.8. The minimum atomic E-state index is 0.307. The van der Waals surface area contributed by atoms with Crippen LogP contribution in [0.3, 0.4) is 0 Å². The van der Waals surface area contributed by atoms with Crippen molar-refractivity contribution in [2.24, 2.45) is 0 Å². The van der Waals surface area contributed by atoms with Gasteiger partial charge in [-0.3, -0.25) is 0 Å². The van der Waals surface area contributed by atoms with Crippen molar-refractivity contribution >= 4 is 0 Å². The fourth-order valence-corrected chi connectivity index (χ4v) is 2.39. The van der Waals surface area contributed by atoms with E-state index in [0.717, 1.165) is 5.82 Å². The number of aryl methyl sites for hydroxylation is 1. The van der Waals surface area contributed by atoms with Crippen molar-refractivity contribution in [2.45, 2.75) is 19.9 Å². The molecule has 0 aliphatic carbocycles. The first-order valence-corrected chi connectivity index (χ1v) is 6.48. The van der Waals surface area contributed by atoms with Crippen LogP contribution in [-0.4, -0.2) is 14.1 Å². The van der Waals surface area contributed by atoms with Gasteiger partial charge in [-0.2, -0.15) is 0 Å². The topological polar surface area (TPSA) is 22.8 Å². The first-order chi connectivity index (χ1) is 9.25. The van der Waals surface area contributed by atoms with E-state index in [0.29, 0.717) is 6.04 Å². The standard InChI is InChI=1S/C16H17N3/c1-13(19-12-9-17-14(19)2)15-5-7-16(8-6-15)18-10-3-4-11-18/h3-13H,1-2H3/t13-/m1/s1. The number of hydrogen-bond acceptors (Lipinski definition) is 1. The highest BCUT2D eigenvalue weighted by molar-refractivity contribution is 5.36. The second-order valence-corrected chi connectivity index (χ2v) is 4.74. The molecule has 0 fully saturated rings. The van der Waals surface area contributed by atoms with Gasteiger partial charge in [0.1, 0.15) is 5.82 Å². The van der Waals surface area contributed by atoms with E-state index in [1.165, 1.54) is 11.3 Å². The van der Waals surface area contributed by atoms with Gasteiger partial charge in [0.05, 0.1) is 6.04 Å². The third-order valence-electron chi connectivity index (χ3n) is 3.56. The molecular weight excluding hydrogens is 234 g/mol. The lowest BCUT2D eigenvalue weighted by Crippen LogP contribution is -2.07. The largest absolute Gasteiger partial charge is 0.328 e. The van der Waals surface area contributed by atoms with Crippen molar-refractivity contribution < 1.29 is 0 Å². The Bertz CT molecular complexity index is 648. The molecule has 0 unspecified atom stereocenters. The molecule has 3 nitrogen and oxygen atoms in total. The molecule has 0 aliphatic rings. The molecule has 1 atom stereocenters. The molecular formula is C16H17N3. The minimum Gasteiger partial charge on any atom is -0.328 e. The van der Waals surface area contributed by atoms with Crippen LogP contribution in [0.5, 0.6) is 0 Å². The van der Waals surface area contributed by atoms with Gasteiger partial charge in [0, 0.05) is 30.5 Å². The second kappa shape index (κ2) is 4.76. The summed E-state index contributed by atoms with van der Waals surface area (Å²) in [7, 11) is 0. The van der Waals surface area contributed by atoms with Gasteiger partial charge in [-0.05, 0) is 43.7 Å². The predicted molar refractivity (Wildman–Crippen MR) is 76.5 cm³/mol. The number of rotatable bonds is 3. The number of benzene rings is 1. The Labute approximate surface area is 113 Å². The Morgan fingerprint density at radius 3 is 2.26 bits per heavy atom. The summed E-state index contributed by atoms with van der Waals surface area (Å²) in [6.07, 6.45) is 7.98. The van der Waals surface area contributed by atoms with Crippen LogP contribution in [0.2, 0.25) is 0 Å². The molecule has 0 radical (unpaired) electrons. The summed E-state index contributed by atoms with van der Waals surface area (Å²) < 4.78 is 4.29. The summed E-state index contributed by atoms with van der Waals surface area (Å²) in [4.78, 5) is 4.28. The summed E-state index contributed by atoms with van der Waals surface area (Å²) in [5, 5.41) is 0. The van der Waals surface area contributed by atoms with Crippen LogP contribution in [-0.2, 0) is 0 Å². The molecule has 0 spiro atoms. The van der Waals surface area contributed by atoms with Crippen LogP contribution in [0.15, 0.2) is 61.2 Å². The molecule has 0 saturated carbocycles. The molecule has 3 rings (SSSR count). The quantitative estimate of drug-likeness (QED) is 0.697. The van der Waals surface area contributed by atoms with Gasteiger partial charge in [-0.1, -0.05) is 12.1 Å². The fourth-order valence-electron chi connectivity index (χ4n) is 2.39. The summed E-state index contributed by atoms with van der Waals surface area (Å²) in [6.45, 7) is 4.23. The molecule has 0 N–H and O–H groups in total. The maximum Gasteiger partial charge on any atom is 0.106 e. The van der Waals surface area contributed by atoms with Gasteiger partial charge < -0.3 is 9.13 Å². The highest BCUT2D eigenvalue weighted by Gasteiger charge is 2.09. The average Bonchev–Trinajstić information content (AvgIpc) is 3.09. The molecule has 19 heavy (non-hydrogen) atoms. The number of imidazole rings is 1. The number of aromatic nitrogens is 3. The van der Waals surface area contributed by atoms with Crippen LogP contribution in [0.25, 0.3) is 5.69 Å². The smallest absolute Gasteiger partial charge is 0.106 e. The van der Waals surface area contributed by atoms with Gasteiger partial charge in [0.15, 0.2) is 0 Å². The Morgan fingerprint density at radius 1 is 1.00 bits per heavy atom. The molecule has 1 aromatic carbocycles. The van der Waals surface area contributed by atoms with Gasteiger partial charge in [0.2, 0.25) is 0 Å². The predicted octanol–water partition coefficient (Wildman–Crippen LogP) is 3.59. The highest BCUT2D eigenvalue weighted by atomic mass is 15.1. The van der Waals surface area contributed by atoms with Gasteiger partial charge in [-0.25, -0.2) is 4.98 Å². The van der Waals surface area contributed by atoms with Crippen molar-refractivity contribution in [3.8, 4) is 5.69 Å². The maximum atomic E-state index is 4.28. The van der Waals surface area contributed by atoms with E-state index in [2.05, 4.69) is 57.7 Å². The zero-order valence-electron chi connectivity index (χ0n) is 11.2. The lowest BCUT2D eigenvalue weighted by atomic mass is 10.1. The van der Waals surface area contributed by atoms with Crippen molar-refractivity contribution in [3.05, 3.63) is 72.6 Å². The van der Waals surface area contributed by atoms with Crippen molar-refractivity contribution in [1.82, 2.24) is 14.1 Å². The van der Waals surface area contributed by atoms with Gasteiger partial charge in [0.25, 0.3) is 0 Å². The lowest BCUT2D eigenvalue weighted by molar-refractivity contribution is 0.619. The fraction of sp³-hybridized carbons (Fsp3) is 0.188. The van der Waals surface area contributed by atoms with E-state index >= 15 is 0 Å². The molecule has 3 aromatic rings. The molecule has 2 aromatic heterocycles. The molecule has 0 aliphatic heterocycles.